The fourth-order valence-electron chi connectivity index (χ4n) is 3.11. The summed E-state index contributed by atoms with van der Waals surface area (Å²) < 4.78 is 0. The molecule has 0 spiro atoms. The molecule has 0 aromatic heterocycles. The lowest BCUT2D eigenvalue weighted by molar-refractivity contribution is -0.115. The molecule has 130 valence electrons. The van der Waals surface area contributed by atoms with Gasteiger partial charge in [-0.25, -0.2) is 0 Å². The van der Waals surface area contributed by atoms with Crippen molar-refractivity contribution in [2.75, 3.05) is 5.88 Å². The number of allylic oxidation sites excluding steroid dienone is 1. The number of hydrogen-bond acceptors (Lipinski definition) is 1. The van der Waals surface area contributed by atoms with Crippen LogP contribution in [-0.2, 0) is 11.2 Å². The maximum atomic E-state index is 13.2. The second-order valence-electron chi connectivity index (χ2n) is 6.11. The van der Waals surface area contributed by atoms with Gasteiger partial charge in [-0.1, -0.05) is 91.0 Å². The predicted octanol–water partition coefficient (Wildman–Crippen LogP) is 5.93. The summed E-state index contributed by atoms with van der Waals surface area (Å²) in [6, 6.07) is 30.0. The van der Waals surface area contributed by atoms with Gasteiger partial charge in [-0.15, -0.1) is 11.6 Å². The van der Waals surface area contributed by atoms with Crippen molar-refractivity contribution in [2.24, 2.45) is 0 Å². The molecular weight excluding hydrogens is 340 g/mol. The predicted molar refractivity (Wildman–Crippen MR) is 109 cm³/mol. The van der Waals surface area contributed by atoms with E-state index in [1.807, 2.05) is 91.0 Å². The Kier molecular flexibility index (Phi) is 6.40. The molecule has 1 nitrogen and oxygen atoms in total. The second-order valence-corrected chi connectivity index (χ2v) is 6.49. The highest BCUT2D eigenvalue weighted by Gasteiger charge is 2.18. The number of carbonyl (C=O) groups excluding carboxylic acids is 1. The standard InChI is InChI=1S/C24H21ClO/c25-17-16-22(23(26)18-19-10-4-1-5-11-19)24(20-12-6-2-7-13-20)21-14-8-3-9-15-21/h1-15H,16-18H2. The Morgan fingerprint density at radius 1 is 0.692 bits per heavy atom. The first-order chi connectivity index (χ1) is 12.8. The summed E-state index contributed by atoms with van der Waals surface area (Å²) in [6.07, 6.45) is 0.933. The molecule has 0 aliphatic carbocycles. The van der Waals surface area contributed by atoms with E-state index in [0.717, 1.165) is 27.8 Å². The van der Waals surface area contributed by atoms with Crippen molar-refractivity contribution in [2.45, 2.75) is 12.8 Å². The van der Waals surface area contributed by atoms with E-state index in [-0.39, 0.29) is 5.78 Å². The summed E-state index contributed by atoms with van der Waals surface area (Å²) in [7, 11) is 0. The zero-order chi connectivity index (χ0) is 18.2. The van der Waals surface area contributed by atoms with Gasteiger partial charge in [0.05, 0.1) is 0 Å². The van der Waals surface area contributed by atoms with Crippen LogP contribution in [0.1, 0.15) is 23.1 Å². The van der Waals surface area contributed by atoms with Crippen LogP contribution < -0.4 is 0 Å². The van der Waals surface area contributed by atoms with Crippen LogP contribution in [-0.4, -0.2) is 11.7 Å². The summed E-state index contributed by atoms with van der Waals surface area (Å²) in [6.45, 7) is 0. The van der Waals surface area contributed by atoms with Gasteiger partial charge in [0.1, 0.15) is 0 Å². The Hall–Kier alpha value is -2.64. The molecule has 3 rings (SSSR count). The summed E-state index contributed by atoms with van der Waals surface area (Å²) in [5, 5.41) is 0. The minimum absolute atomic E-state index is 0.125. The Balaban J connectivity index is 2.10. The van der Waals surface area contributed by atoms with Gasteiger partial charge in [-0.2, -0.15) is 0 Å². The smallest absolute Gasteiger partial charge is 0.163 e. The lowest BCUT2D eigenvalue weighted by Crippen LogP contribution is -2.10. The van der Waals surface area contributed by atoms with Crippen molar-refractivity contribution in [1.29, 1.82) is 0 Å². The van der Waals surface area contributed by atoms with Gasteiger partial charge in [0.25, 0.3) is 0 Å². The molecular formula is C24H21ClO. The summed E-state index contributed by atoms with van der Waals surface area (Å²) >= 11 is 6.08. The van der Waals surface area contributed by atoms with E-state index in [9.17, 15) is 4.79 Å². The lowest BCUT2D eigenvalue weighted by Gasteiger charge is -2.15. The van der Waals surface area contributed by atoms with E-state index in [1.54, 1.807) is 0 Å². The number of hydrogen-bond donors (Lipinski definition) is 0. The zero-order valence-corrected chi connectivity index (χ0v) is 15.3. The molecule has 3 aromatic rings. The van der Waals surface area contributed by atoms with Gasteiger partial charge < -0.3 is 0 Å². The third-order valence-electron chi connectivity index (χ3n) is 4.32. The highest BCUT2D eigenvalue weighted by molar-refractivity contribution is 6.19. The number of Topliss-reactive ketones (excluding diaryl/α,β-unsaturated/α-hetero) is 1. The monoisotopic (exact) mass is 360 g/mol. The minimum atomic E-state index is 0.125. The third kappa shape index (κ3) is 4.50. The first kappa shape index (κ1) is 18.2. The van der Waals surface area contributed by atoms with Gasteiger partial charge in [-0.3, -0.25) is 4.79 Å². The first-order valence-corrected chi connectivity index (χ1v) is 9.30. The molecule has 3 aromatic carbocycles. The molecule has 0 unspecified atom stereocenters. The maximum absolute atomic E-state index is 13.2. The lowest BCUT2D eigenvalue weighted by atomic mass is 9.88. The first-order valence-electron chi connectivity index (χ1n) is 8.76. The third-order valence-corrected chi connectivity index (χ3v) is 4.50. The fraction of sp³-hybridized carbons (Fsp3) is 0.125. The molecule has 0 atom stereocenters. The number of benzene rings is 3. The molecule has 26 heavy (non-hydrogen) atoms. The quantitative estimate of drug-likeness (QED) is 0.377. The van der Waals surface area contributed by atoms with Crippen LogP contribution in [0.25, 0.3) is 5.57 Å². The van der Waals surface area contributed by atoms with Crippen molar-refractivity contribution in [1.82, 2.24) is 0 Å². The summed E-state index contributed by atoms with van der Waals surface area (Å²) in [5.74, 6) is 0.540. The molecule has 0 amide bonds. The average Bonchev–Trinajstić information content (AvgIpc) is 2.70. The topological polar surface area (TPSA) is 17.1 Å². The van der Waals surface area contributed by atoms with E-state index >= 15 is 0 Å². The number of alkyl halides is 1. The molecule has 0 aliphatic rings. The van der Waals surface area contributed by atoms with Gasteiger partial charge in [-0.05, 0) is 28.7 Å². The van der Waals surface area contributed by atoms with E-state index < -0.39 is 0 Å². The number of ketones is 1. The Bertz CT molecular complexity index is 826. The van der Waals surface area contributed by atoms with Gasteiger partial charge >= 0.3 is 0 Å². The second kappa shape index (κ2) is 9.17. The van der Waals surface area contributed by atoms with Crippen molar-refractivity contribution in [3.63, 3.8) is 0 Å². The molecule has 0 heterocycles. The molecule has 0 bridgehead atoms. The molecule has 0 fully saturated rings. The van der Waals surface area contributed by atoms with Crippen molar-refractivity contribution < 1.29 is 4.79 Å². The van der Waals surface area contributed by atoms with Crippen LogP contribution >= 0.6 is 11.6 Å². The number of carbonyl (C=O) groups is 1. The summed E-state index contributed by atoms with van der Waals surface area (Å²) in [5.41, 5.74) is 4.87. The SMILES string of the molecule is O=C(Cc1ccccc1)C(CCCl)=C(c1ccccc1)c1ccccc1. The Morgan fingerprint density at radius 3 is 1.62 bits per heavy atom. The van der Waals surface area contributed by atoms with Crippen molar-refractivity contribution in [3.8, 4) is 0 Å². The highest BCUT2D eigenvalue weighted by Crippen LogP contribution is 2.30. The van der Waals surface area contributed by atoms with Crippen LogP contribution in [0.4, 0.5) is 0 Å². The number of halogens is 1. The molecule has 0 aliphatic heterocycles. The normalized spacial score (nSPS) is 10.3. The van der Waals surface area contributed by atoms with Crippen LogP contribution in [0.5, 0.6) is 0 Å². The summed E-state index contributed by atoms with van der Waals surface area (Å²) in [4.78, 5) is 13.2. The molecule has 0 saturated heterocycles. The van der Waals surface area contributed by atoms with Gasteiger partial charge in [0.15, 0.2) is 5.78 Å². The van der Waals surface area contributed by atoms with Crippen LogP contribution in [0.2, 0.25) is 0 Å². The van der Waals surface area contributed by atoms with E-state index in [0.29, 0.717) is 18.7 Å². The maximum Gasteiger partial charge on any atom is 0.163 e. The van der Waals surface area contributed by atoms with Crippen LogP contribution in [0.15, 0.2) is 96.6 Å². The molecule has 0 saturated carbocycles. The largest absolute Gasteiger partial charge is 0.294 e. The minimum Gasteiger partial charge on any atom is -0.294 e. The van der Waals surface area contributed by atoms with Crippen LogP contribution in [0, 0.1) is 0 Å². The van der Waals surface area contributed by atoms with Crippen molar-refractivity contribution >= 4 is 23.0 Å². The van der Waals surface area contributed by atoms with E-state index in [4.69, 9.17) is 11.6 Å². The van der Waals surface area contributed by atoms with Crippen LogP contribution in [0.3, 0.4) is 0 Å². The van der Waals surface area contributed by atoms with E-state index in [2.05, 4.69) is 0 Å². The van der Waals surface area contributed by atoms with E-state index in [1.165, 1.54) is 0 Å². The Labute approximate surface area is 160 Å². The Morgan fingerprint density at radius 2 is 1.15 bits per heavy atom. The average molecular weight is 361 g/mol. The van der Waals surface area contributed by atoms with Gasteiger partial charge in [0, 0.05) is 17.9 Å². The van der Waals surface area contributed by atoms with Gasteiger partial charge in [0.2, 0.25) is 0 Å². The fourth-order valence-corrected chi connectivity index (χ4v) is 3.30. The molecule has 0 radical (unpaired) electrons. The zero-order valence-electron chi connectivity index (χ0n) is 14.6. The molecule has 0 N–H and O–H groups in total. The molecule has 2 heteroatoms. The number of rotatable bonds is 7. The van der Waals surface area contributed by atoms with Crippen molar-refractivity contribution in [3.05, 3.63) is 113 Å². The highest BCUT2D eigenvalue weighted by atomic mass is 35.5.